The highest BCUT2D eigenvalue weighted by molar-refractivity contribution is 7.19. The van der Waals surface area contributed by atoms with Gasteiger partial charge in [-0.3, -0.25) is 14.2 Å². The van der Waals surface area contributed by atoms with E-state index in [1.54, 1.807) is 23.0 Å². The quantitative estimate of drug-likeness (QED) is 0.628. The first-order valence-corrected chi connectivity index (χ1v) is 10.3. The van der Waals surface area contributed by atoms with Crippen LogP contribution in [0.5, 0.6) is 5.75 Å². The lowest BCUT2D eigenvalue weighted by molar-refractivity contribution is -0.118. The third-order valence-corrected chi connectivity index (χ3v) is 5.93. The lowest BCUT2D eigenvalue weighted by atomic mass is 10.0. The Balaban J connectivity index is 2.30. The fraction of sp³-hybridized carbons (Fsp3) is 0.381. The number of methoxy groups -OCH3 is 1. The molecule has 148 valence electrons. The summed E-state index contributed by atoms with van der Waals surface area (Å²) in [6, 6.07) is 7.72. The lowest BCUT2D eigenvalue weighted by Gasteiger charge is -2.12. The number of rotatable bonds is 8. The number of nitrogens with zero attached hydrogens (tertiary/aromatic N) is 2. The predicted octanol–water partition coefficient (Wildman–Crippen LogP) is 3.52. The number of hydrogen-bond acceptors (Lipinski definition) is 5. The number of nitrogens with two attached hydrogens (primary N) is 1. The van der Waals surface area contributed by atoms with Crippen LogP contribution in [0, 0.1) is 0 Å². The molecule has 0 atom stereocenters. The van der Waals surface area contributed by atoms with Crippen molar-refractivity contribution in [1.82, 2.24) is 9.55 Å². The number of aromatic nitrogens is 2. The highest BCUT2D eigenvalue weighted by Crippen LogP contribution is 2.38. The van der Waals surface area contributed by atoms with Crippen LogP contribution in [0.1, 0.15) is 37.4 Å². The van der Waals surface area contributed by atoms with Gasteiger partial charge >= 0.3 is 0 Å². The van der Waals surface area contributed by atoms with Crippen molar-refractivity contribution in [1.29, 1.82) is 0 Å². The maximum atomic E-state index is 13.5. The number of carbonyl (C=O) groups is 1. The molecule has 28 heavy (non-hydrogen) atoms. The third-order valence-electron chi connectivity index (χ3n) is 4.70. The minimum atomic E-state index is -0.429. The van der Waals surface area contributed by atoms with E-state index in [1.165, 1.54) is 0 Å². The largest absolute Gasteiger partial charge is 0.497 e. The Morgan fingerprint density at radius 1 is 1.32 bits per heavy atom. The standard InChI is InChI=1S/C21H25N3O3S/c1-4-7-17-23-20-19(21(26)24(17)11-10-16(22)25)18(15(5-2)28-20)13-8-6-9-14(12-13)27-3/h6,8-9,12H,4-5,7,10-11H2,1-3H3,(H2,22,25). The van der Waals surface area contributed by atoms with Crippen molar-refractivity contribution >= 4 is 27.5 Å². The number of primary amides is 1. The summed E-state index contributed by atoms with van der Waals surface area (Å²) in [5.74, 6) is 1.02. The molecule has 1 aromatic carbocycles. The van der Waals surface area contributed by atoms with Gasteiger partial charge in [0, 0.05) is 29.8 Å². The zero-order chi connectivity index (χ0) is 20.3. The average Bonchev–Trinajstić information content (AvgIpc) is 3.06. The van der Waals surface area contributed by atoms with Crippen LogP contribution in [0.4, 0.5) is 0 Å². The van der Waals surface area contributed by atoms with Crippen molar-refractivity contribution in [3.63, 3.8) is 0 Å². The second-order valence-electron chi connectivity index (χ2n) is 6.62. The number of aryl methyl sites for hydroxylation is 2. The van der Waals surface area contributed by atoms with Gasteiger partial charge in [0.1, 0.15) is 16.4 Å². The SMILES string of the molecule is CCCc1nc2sc(CC)c(-c3cccc(OC)c3)c2c(=O)n1CCC(N)=O. The summed E-state index contributed by atoms with van der Waals surface area (Å²) in [4.78, 5) is 31.4. The van der Waals surface area contributed by atoms with E-state index in [1.807, 2.05) is 31.2 Å². The molecule has 0 saturated carbocycles. The van der Waals surface area contributed by atoms with Crippen LogP contribution in [0.15, 0.2) is 29.1 Å². The maximum absolute atomic E-state index is 13.5. The number of benzene rings is 1. The molecule has 0 spiro atoms. The molecule has 3 aromatic rings. The van der Waals surface area contributed by atoms with Crippen molar-refractivity contribution < 1.29 is 9.53 Å². The molecule has 0 radical (unpaired) electrons. The Hall–Kier alpha value is -2.67. The first-order valence-electron chi connectivity index (χ1n) is 9.47. The molecule has 0 unspecified atom stereocenters. The molecule has 0 bridgehead atoms. The molecule has 0 aliphatic heterocycles. The molecule has 7 heteroatoms. The van der Waals surface area contributed by atoms with Crippen LogP contribution in [0.3, 0.4) is 0 Å². The lowest BCUT2D eigenvalue weighted by Crippen LogP contribution is -2.27. The Morgan fingerprint density at radius 2 is 2.11 bits per heavy atom. The molecule has 0 aliphatic carbocycles. The molecular formula is C21H25N3O3S. The van der Waals surface area contributed by atoms with E-state index in [0.29, 0.717) is 17.6 Å². The van der Waals surface area contributed by atoms with Crippen LogP contribution >= 0.6 is 11.3 Å². The van der Waals surface area contributed by atoms with Crippen LogP contribution in [-0.2, 0) is 24.2 Å². The number of fused-ring (bicyclic) bond motifs is 1. The Bertz CT molecular complexity index is 1070. The zero-order valence-electron chi connectivity index (χ0n) is 16.4. The molecule has 0 fully saturated rings. The fourth-order valence-corrected chi connectivity index (χ4v) is 4.51. The van der Waals surface area contributed by atoms with E-state index in [4.69, 9.17) is 15.5 Å². The second kappa shape index (κ2) is 8.56. The maximum Gasteiger partial charge on any atom is 0.262 e. The van der Waals surface area contributed by atoms with E-state index in [9.17, 15) is 9.59 Å². The molecule has 0 aliphatic rings. The van der Waals surface area contributed by atoms with E-state index < -0.39 is 5.91 Å². The van der Waals surface area contributed by atoms with Gasteiger partial charge in [-0.05, 0) is 30.5 Å². The van der Waals surface area contributed by atoms with Gasteiger partial charge in [0.05, 0.1) is 12.5 Å². The minimum absolute atomic E-state index is 0.108. The highest BCUT2D eigenvalue weighted by Gasteiger charge is 2.21. The van der Waals surface area contributed by atoms with E-state index >= 15 is 0 Å². The van der Waals surface area contributed by atoms with Gasteiger partial charge < -0.3 is 10.5 Å². The van der Waals surface area contributed by atoms with Gasteiger partial charge in [-0.25, -0.2) is 4.98 Å². The van der Waals surface area contributed by atoms with E-state index in [-0.39, 0.29) is 18.5 Å². The van der Waals surface area contributed by atoms with Crippen LogP contribution in [-0.4, -0.2) is 22.6 Å². The summed E-state index contributed by atoms with van der Waals surface area (Å²) >= 11 is 1.56. The second-order valence-corrected chi connectivity index (χ2v) is 7.70. The summed E-state index contributed by atoms with van der Waals surface area (Å²) in [6.07, 6.45) is 2.46. The van der Waals surface area contributed by atoms with Gasteiger partial charge in [0.2, 0.25) is 5.91 Å². The fourth-order valence-electron chi connectivity index (χ4n) is 3.37. The molecule has 1 amide bonds. The van der Waals surface area contributed by atoms with Gasteiger partial charge in [-0.2, -0.15) is 0 Å². The molecule has 6 nitrogen and oxygen atoms in total. The number of thiophene rings is 1. The summed E-state index contributed by atoms with van der Waals surface area (Å²) in [5.41, 5.74) is 7.06. The summed E-state index contributed by atoms with van der Waals surface area (Å²) in [5, 5.41) is 0.611. The van der Waals surface area contributed by atoms with Crippen molar-refractivity contribution in [3.05, 3.63) is 45.3 Å². The number of amides is 1. The third kappa shape index (κ3) is 3.80. The van der Waals surface area contributed by atoms with Crippen molar-refractivity contribution in [2.75, 3.05) is 7.11 Å². The van der Waals surface area contributed by atoms with Gasteiger partial charge in [-0.1, -0.05) is 26.0 Å². The minimum Gasteiger partial charge on any atom is -0.497 e. The first-order chi connectivity index (χ1) is 13.5. The molecule has 2 N–H and O–H groups in total. The van der Waals surface area contributed by atoms with Crippen molar-refractivity contribution in [2.24, 2.45) is 5.73 Å². The van der Waals surface area contributed by atoms with E-state index in [0.717, 1.165) is 39.4 Å². The Labute approximate surface area is 168 Å². The normalized spacial score (nSPS) is 11.1. The summed E-state index contributed by atoms with van der Waals surface area (Å²) < 4.78 is 6.98. The topological polar surface area (TPSA) is 87.2 Å². The monoisotopic (exact) mass is 399 g/mol. The molecule has 0 saturated heterocycles. The van der Waals surface area contributed by atoms with Crippen LogP contribution < -0.4 is 16.0 Å². The molecular weight excluding hydrogens is 374 g/mol. The van der Waals surface area contributed by atoms with Gasteiger partial charge in [-0.15, -0.1) is 11.3 Å². The number of ether oxygens (including phenoxy) is 1. The summed E-state index contributed by atoms with van der Waals surface area (Å²) in [6.45, 7) is 4.37. The van der Waals surface area contributed by atoms with Gasteiger partial charge in [0.25, 0.3) is 5.56 Å². The molecule has 3 rings (SSSR count). The predicted molar refractivity (Wildman–Crippen MR) is 113 cm³/mol. The van der Waals surface area contributed by atoms with Crippen molar-refractivity contribution in [2.45, 2.75) is 46.1 Å². The Morgan fingerprint density at radius 3 is 2.75 bits per heavy atom. The van der Waals surface area contributed by atoms with Crippen LogP contribution in [0.2, 0.25) is 0 Å². The summed E-state index contributed by atoms with van der Waals surface area (Å²) in [7, 11) is 1.63. The van der Waals surface area contributed by atoms with Crippen LogP contribution in [0.25, 0.3) is 21.3 Å². The van der Waals surface area contributed by atoms with Crippen molar-refractivity contribution in [3.8, 4) is 16.9 Å². The number of hydrogen-bond donors (Lipinski definition) is 1. The average molecular weight is 400 g/mol. The van der Waals surface area contributed by atoms with E-state index in [2.05, 4.69) is 6.92 Å². The zero-order valence-corrected chi connectivity index (χ0v) is 17.3. The first kappa shape index (κ1) is 20.1. The highest BCUT2D eigenvalue weighted by atomic mass is 32.1. The molecule has 2 aromatic heterocycles. The van der Waals surface area contributed by atoms with Gasteiger partial charge in [0.15, 0.2) is 0 Å². The Kier molecular flexibility index (Phi) is 6.14. The number of carbonyl (C=O) groups excluding carboxylic acids is 1. The smallest absolute Gasteiger partial charge is 0.262 e. The molecule has 2 heterocycles.